The van der Waals surface area contributed by atoms with E-state index in [4.69, 9.17) is 11.6 Å². The number of nitrogens with one attached hydrogen (secondary N) is 1. The summed E-state index contributed by atoms with van der Waals surface area (Å²) in [7, 11) is 0. The van der Waals surface area contributed by atoms with Crippen LogP contribution in [0, 0.1) is 0 Å². The predicted molar refractivity (Wildman–Crippen MR) is 82.4 cm³/mol. The van der Waals surface area contributed by atoms with Crippen molar-refractivity contribution in [3.8, 4) is 0 Å². The highest BCUT2D eigenvalue weighted by Crippen LogP contribution is 2.11. The smallest absolute Gasteiger partial charge is 0.255 e. The van der Waals surface area contributed by atoms with Crippen LogP contribution in [0.25, 0.3) is 5.52 Å². The standard InChI is InChI=1S/C16H14ClN3O/c17-9-12-4-3-5-13(8-12)10-18-16(21)14-11-19-20-7-2-1-6-15(14)20/h1-8,11H,9-10H2,(H,18,21). The summed E-state index contributed by atoms with van der Waals surface area (Å²) in [5.41, 5.74) is 3.44. The van der Waals surface area contributed by atoms with Gasteiger partial charge in [0.25, 0.3) is 5.91 Å². The molecule has 106 valence electrons. The molecule has 0 saturated heterocycles. The molecule has 1 amide bonds. The molecule has 0 unspecified atom stereocenters. The molecular formula is C16H14ClN3O. The molecule has 0 aliphatic rings. The molecule has 0 aliphatic carbocycles. The number of nitrogens with zero attached hydrogens (tertiary/aromatic N) is 2. The van der Waals surface area contributed by atoms with Crippen molar-refractivity contribution in [3.05, 3.63) is 71.5 Å². The number of halogens is 1. The summed E-state index contributed by atoms with van der Waals surface area (Å²) in [6, 6.07) is 13.5. The third kappa shape index (κ3) is 2.90. The van der Waals surface area contributed by atoms with Gasteiger partial charge in [-0.25, -0.2) is 4.52 Å². The van der Waals surface area contributed by atoms with Gasteiger partial charge in [-0.05, 0) is 23.3 Å². The first-order chi connectivity index (χ1) is 10.3. The number of carbonyl (C=O) groups excluding carboxylic acids is 1. The summed E-state index contributed by atoms with van der Waals surface area (Å²) in [5.74, 6) is 0.336. The number of fused-ring (bicyclic) bond motifs is 1. The average Bonchev–Trinajstić information content (AvgIpc) is 2.97. The van der Waals surface area contributed by atoms with E-state index in [2.05, 4.69) is 10.4 Å². The molecule has 3 rings (SSSR count). The van der Waals surface area contributed by atoms with Gasteiger partial charge in [-0.15, -0.1) is 11.6 Å². The second-order valence-corrected chi connectivity index (χ2v) is 4.99. The zero-order chi connectivity index (χ0) is 14.7. The van der Waals surface area contributed by atoms with E-state index >= 15 is 0 Å². The lowest BCUT2D eigenvalue weighted by Gasteiger charge is -2.05. The first-order valence-corrected chi connectivity index (χ1v) is 7.16. The SMILES string of the molecule is O=C(NCc1cccc(CCl)c1)c1cnn2ccccc12. The number of hydrogen-bond donors (Lipinski definition) is 1. The van der Waals surface area contributed by atoms with Crippen LogP contribution in [-0.4, -0.2) is 15.5 Å². The van der Waals surface area contributed by atoms with Crippen molar-refractivity contribution in [2.24, 2.45) is 0 Å². The van der Waals surface area contributed by atoms with Gasteiger partial charge >= 0.3 is 0 Å². The van der Waals surface area contributed by atoms with Gasteiger partial charge in [0.05, 0.1) is 17.3 Å². The van der Waals surface area contributed by atoms with Gasteiger partial charge in [0, 0.05) is 18.6 Å². The fraction of sp³-hybridized carbons (Fsp3) is 0.125. The highest BCUT2D eigenvalue weighted by Gasteiger charge is 2.11. The Hall–Kier alpha value is -2.33. The van der Waals surface area contributed by atoms with Crippen molar-refractivity contribution in [2.45, 2.75) is 12.4 Å². The van der Waals surface area contributed by atoms with Gasteiger partial charge in [0.15, 0.2) is 0 Å². The molecule has 0 atom stereocenters. The summed E-state index contributed by atoms with van der Waals surface area (Å²) in [5, 5.41) is 7.07. The number of amides is 1. The molecule has 0 aliphatic heterocycles. The van der Waals surface area contributed by atoms with E-state index in [1.54, 1.807) is 10.7 Å². The molecule has 0 fully saturated rings. The Morgan fingerprint density at radius 3 is 2.90 bits per heavy atom. The van der Waals surface area contributed by atoms with Crippen LogP contribution >= 0.6 is 11.6 Å². The minimum Gasteiger partial charge on any atom is -0.348 e. The molecule has 1 aromatic carbocycles. The summed E-state index contributed by atoms with van der Waals surface area (Å²) in [4.78, 5) is 12.3. The van der Waals surface area contributed by atoms with Gasteiger partial charge in [-0.2, -0.15) is 5.10 Å². The molecule has 21 heavy (non-hydrogen) atoms. The number of aromatic nitrogens is 2. The topological polar surface area (TPSA) is 46.4 Å². The quantitative estimate of drug-likeness (QED) is 0.753. The van der Waals surface area contributed by atoms with E-state index in [0.29, 0.717) is 18.0 Å². The van der Waals surface area contributed by atoms with Crippen molar-refractivity contribution < 1.29 is 4.79 Å². The van der Waals surface area contributed by atoms with Crippen molar-refractivity contribution in [1.29, 1.82) is 0 Å². The molecule has 1 N–H and O–H groups in total. The fourth-order valence-electron chi connectivity index (χ4n) is 2.21. The molecule has 0 saturated carbocycles. The van der Waals surface area contributed by atoms with Crippen LogP contribution in [0.1, 0.15) is 21.5 Å². The summed E-state index contributed by atoms with van der Waals surface area (Å²) < 4.78 is 1.68. The van der Waals surface area contributed by atoms with Crippen LogP contribution in [-0.2, 0) is 12.4 Å². The first kappa shape index (κ1) is 13.6. The molecule has 5 heteroatoms. The Morgan fingerprint density at radius 1 is 1.19 bits per heavy atom. The van der Waals surface area contributed by atoms with E-state index in [-0.39, 0.29) is 5.91 Å². The zero-order valence-electron chi connectivity index (χ0n) is 11.3. The number of alkyl halides is 1. The predicted octanol–water partition coefficient (Wildman–Crippen LogP) is 3.00. The van der Waals surface area contributed by atoms with Gasteiger partial charge in [0.1, 0.15) is 0 Å². The summed E-state index contributed by atoms with van der Waals surface area (Å²) in [6.45, 7) is 0.466. The maximum Gasteiger partial charge on any atom is 0.255 e. The maximum absolute atomic E-state index is 12.3. The molecule has 0 radical (unpaired) electrons. The molecule has 3 aromatic rings. The molecular weight excluding hydrogens is 286 g/mol. The Kier molecular flexibility index (Phi) is 3.88. The minimum atomic E-state index is -0.132. The zero-order valence-corrected chi connectivity index (χ0v) is 12.0. The Morgan fingerprint density at radius 2 is 2.05 bits per heavy atom. The Balaban J connectivity index is 1.74. The van der Waals surface area contributed by atoms with Crippen molar-refractivity contribution in [3.63, 3.8) is 0 Å². The Bertz CT molecular complexity index is 782. The molecule has 0 bridgehead atoms. The highest BCUT2D eigenvalue weighted by molar-refractivity contribution is 6.17. The number of carbonyl (C=O) groups is 1. The van der Waals surface area contributed by atoms with Crippen molar-refractivity contribution in [2.75, 3.05) is 0 Å². The number of hydrogen-bond acceptors (Lipinski definition) is 2. The van der Waals surface area contributed by atoms with E-state index in [0.717, 1.165) is 16.6 Å². The van der Waals surface area contributed by atoms with Crippen LogP contribution in [0.5, 0.6) is 0 Å². The third-order valence-electron chi connectivity index (χ3n) is 3.27. The second-order valence-electron chi connectivity index (χ2n) is 4.72. The molecule has 2 aromatic heterocycles. The van der Waals surface area contributed by atoms with E-state index in [1.807, 2.05) is 48.7 Å². The van der Waals surface area contributed by atoms with Crippen molar-refractivity contribution >= 4 is 23.0 Å². The first-order valence-electron chi connectivity index (χ1n) is 6.62. The van der Waals surface area contributed by atoms with E-state index in [1.165, 1.54) is 0 Å². The van der Waals surface area contributed by atoms with Crippen molar-refractivity contribution in [1.82, 2.24) is 14.9 Å². The third-order valence-corrected chi connectivity index (χ3v) is 3.58. The fourth-order valence-corrected chi connectivity index (χ4v) is 2.38. The highest BCUT2D eigenvalue weighted by atomic mass is 35.5. The van der Waals surface area contributed by atoms with Crippen LogP contribution < -0.4 is 5.32 Å². The lowest BCUT2D eigenvalue weighted by Crippen LogP contribution is -2.22. The van der Waals surface area contributed by atoms with Crippen LogP contribution in [0.15, 0.2) is 54.9 Å². The lowest BCUT2D eigenvalue weighted by molar-refractivity contribution is 0.0952. The van der Waals surface area contributed by atoms with Crippen LogP contribution in [0.3, 0.4) is 0 Å². The van der Waals surface area contributed by atoms with E-state index in [9.17, 15) is 4.79 Å². The number of benzene rings is 1. The Labute approximate surface area is 127 Å². The van der Waals surface area contributed by atoms with Gasteiger partial charge < -0.3 is 5.32 Å². The molecule has 4 nitrogen and oxygen atoms in total. The van der Waals surface area contributed by atoms with Crippen LogP contribution in [0.4, 0.5) is 0 Å². The summed E-state index contributed by atoms with van der Waals surface area (Å²) >= 11 is 5.81. The lowest BCUT2D eigenvalue weighted by atomic mass is 10.1. The van der Waals surface area contributed by atoms with E-state index < -0.39 is 0 Å². The van der Waals surface area contributed by atoms with Gasteiger partial charge in [-0.3, -0.25) is 4.79 Å². The second kappa shape index (κ2) is 5.97. The molecule has 0 spiro atoms. The van der Waals surface area contributed by atoms with Gasteiger partial charge in [0.2, 0.25) is 0 Å². The van der Waals surface area contributed by atoms with Crippen LogP contribution in [0.2, 0.25) is 0 Å². The molecule has 2 heterocycles. The number of pyridine rings is 1. The monoisotopic (exact) mass is 299 g/mol. The minimum absolute atomic E-state index is 0.132. The van der Waals surface area contributed by atoms with Gasteiger partial charge in [-0.1, -0.05) is 30.3 Å². The summed E-state index contributed by atoms with van der Waals surface area (Å²) in [6.07, 6.45) is 3.40. The largest absolute Gasteiger partial charge is 0.348 e. The average molecular weight is 300 g/mol. The number of rotatable bonds is 4. The normalized spacial score (nSPS) is 10.7. The maximum atomic E-state index is 12.3.